The number of amides is 1. The Hall–Kier alpha value is -2.07. The number of carbonyl (C=O) groups excluding carboxylic acids is 1. The van der Waals surface area contributed by atoms with E-state index in [0.717, 1.165) is 11.3 Å². The third kappa shape index (κ3) is 3.73. The third-order valence-corrected chi connectivity index (χ3v) is 3.43. The van der Waals surface area contributed by atoms with Crippen molar-refractivity contribution in [1.82, 2.24) is 5.32 Å². The highest BCUT2D eigenvalue weighted by atomic mass is 35.5. The number of hydrogen-bond donors (Lipinski definition) is 2. The molecule has 0 fully saturated rings. The number of carbonyl (C=O) groups is 1. The quantitative estimate of drug-likeness (QED) is 0.903. The van der Waals surface area contributed by atoms with Crippen LogP contribution in [-0.2, 0) is 6.54 Å². The van der Waals surface area contributed by atoms with Crippen LogP contribution in [0.15, 0.2) is 36.4 Å². The lowest BCUT2D eigenvalue weighted by atomic mass is 10.1. The fourth-order valence-corrected chi connectivity index (χ4v) is 2.21. The Morgan fingerprint density at radius 2 is 2.00 bits per heavy atom. The van der Waals surface area contributed by atoms with E-state index in [2.05, 4.69) is 10.6 Å². The van der Waals surface area contributed by atoms with Crippen molar-refractivity contribution in [2.45, 2.75) is 13.5 Å². The summed E-state index contributed by atoms with van der Waals surface area (Å²) in [4.78, 5) is 11.5. The molecule has 110 valence electrons. The molecule has 0 spiro atoms. The van der Waals surface area contributed by atoms with Crippen LogP contribution in [-0.4, -0.2) is 13.0 Å². The Morgan fingerprint density at radius 1 is 1.24 bits per heavy atom. The van der Waals surface area contributed by atoms with Gasteiger partial charge in [0.05, 0.1) is 0 Å². The second-order valence-electron chi connectivity index (χ2n) is 4.70. The molecule has 21 heavy (non-hydrogen) atoms. The van der Waals surface area contributed by atoms with E-state index in [9.17, 15) is 9.18 Å². The molecule has 0 saturated carbocycles. The van der Waals surface area contributed by atoms with Gasteiger partial charge in [-0.3, -0.25) is 4.79 Å². The minimum atomic E-state index is -0.300. The molecule has 5 heteroatoms. The molecule has 2 aromatic carbocycles. The Bertz CT molecular complexity index is 673. The highest BCUT2D eigenvalue weighted by Gasteiger charge is 2.07. The van der Waals surface area contributed by atoms with Gasteiger partial charge in [-0.2, -0.15) is 0 Å². The van der Waals surface area contributed by atoms with Gasteiger partial charge in [0.2, 0.25) is 0 Å². The maximum atomic E-state index is 13.6. The minimum absolute atomic E-state index is 0.134. The lowest BCUT2D eigenvalue weighted by Crippen LogP contribution is -2.17. The molecule has 0 heterocycles. The summed E-state index contributed by atoms with van der Waals surface area (Å²) in [6.45, 7) is 2.22. The Labute approximate surface area is 128 Å². The van der Waals surface area contributed by atoms with Crippen molar-refractivity contribution >= 4 is 23.2 Å². The Morgan fingerprint density at radius 3 is 2.67 bits per heavy atom. The molecule has 3 nitrogen and oxygen atoms in total. The van der Waals surface area contributed by atoms with Gasteiger partial charge in [-0.05, 0) is 48.9 Å². The normalized spacial score (nSPS) is 10.3. The van der Waals surface area contributed by atoms with Gasteiger partial charge in [-0.25, -0.2) is 4.39 Å². The maximum absolute atomic E-state index is 13.6. The van der Waals surface area contributed by atoms with Gasteiger partial charge in [0.1, 0.15) is 5.82 Å². The van der Waals surface area contributed by atoms with Gasteiger partial charge >= 0.3 is 0 Å². The van der Waals surface area contributed by atoms with Crippen LogP contribution in [0.4, 0.5) is 10.1 Å². The first-order valence-corrected chi connectivity index (χ1v) is 6.89. The van der Waals surface area contributed by atoms with E-state index in [1.54, 1.807) is 25.2 Å². The standard InChI is InChI=1S/C16H16ClFN2O/c1-10-7-11(16(21)19-2)3-6-15(10)20-9-12-8-13(17)4-5-14(12)18/h3-8,20H,9H2,1-2H3,(H,19,21). The first-order valence-electron chi connectivity index (χ1n) is 6.52. The van der Waals surface area contributed by atoms with Crippen LogP contribution >= 0.6 is 11.6 Å². The van der Waals surface area contributed by atoms with Crippen LogP contribution in [0.25, 0.3) is 0 Å². The fraction of sp³-hybridized carbons (Fsp3) is 0.188. The van der Waals surface area contributed by atoms with Gasteiger partial charge < -0.3 is 10.6 Å². The van der Waals surface area contributed by atoms with Crippen molar-refractivity contribution in [2.24, 2.45) is 0 Å². The van der Waals surface area contributed by atoms with E-state index in [4.69, 9.17) is 11.6 Å². The average molecular weight is 307 g/mol. The van der Waals surface area contributed by atoms with Crippen molar-refractivity contribution in [3.8, 4) is 0 Å². The summed E-state index contributed by atoms with van der Waals surface area (Å²) in [5.74, 6) is -0.433. The molecular formula is C16H16ClFN2O. The molecule has 2 rings (SSSR count). The number of aryl methyl sites for hydroxylation is 1. The second-order valence-corrected chi connectivity index (χ2v) is 5.13. The summed E-state index contributed by atoms with van der Waals surface area (Å²) in [5.41, 5.74) is 2.85. The predicted octanol–water partition coefficient (Wildman–Crippen LogP) is 3.76. The number of rotatable bonds is 4. The molecule has 0 atom stereocenters. The monoisotopic (exact) mass is 306 g/mol. The molecule has 2 N–H and O–H groups in total. The van der Waals surface area contributed by atoms with E-state index in [0.29, 0.717) is 22.7 Å². The molecule has 2 aromatic rings. The molecule has 0 aliphatic carbocycles. The van der Waals surface area contributed by atoms with Gasteiger partial charge in [-0.1, -0.05) is 11.6 Å². The summed E-state index contributed by atoms with van der Waals surface area (Å²) in [7, 11) is 1.59. The number of halogens is 2. The maximum Gasteiger partial charge on any atom is 0.251 e. The summed E-state index contributed by atoms with van der Waals surface area (Å²) in [6, 6.07) is 9.78. The first kappa shape index (κ1) is 15.3. The lowest BCUT2D eigenvalue weighted by molar-refractivity contribution is 0.0963. The number of benzene rings is 2. The zero-order valence-corrected chi connectivity index (χ0v) is 12.6. The molecule has 0 aliphatic rings. The molecule has 1 amide bonds. The number of nitrogens with one attached hydrogen (secondary N) is 2. The highest BCUT2D eigenvalue weighted by molar-refractivity contribution is 6.30. The largest absolute Gasteiger partial charge is 0.381 e. The SMILES string of the molecule is CNC(=O)c1ccc(NCc2cc(Cl)ccc2F)c(C)c1. The minimum Gasteiger partial charge on any atom is -0.381 e. The van der Waals surface area contributed by atoms with Crippen molar-refractivity contribution < 1.29 is 9.18 Å². The molecule has 0 radical (unpaired) electrons. The van der Waals surface area contributed by atoms with Crippen molar-refractivity contribution in [2.75, 3.05) is 12.4 Å². The van der Waals surface area contributed by atoms with Crippen molar-refractivity contribution in [3.63, 3.8) is 0 Å². The van der Waals surface area contributed by atoms with E-state index in [1.165, 1.54) is 12.1 Å². The van der Waals surface area contributed by atoms with Crippen molar-refractivity contribution in [3.05, 3.63) is 63.9 Å². The molecule has 0 aromatic heterocycles. The zero-order valence-electron chi connectivity index (χ0n) is 11.8. The highest BCUT2D eigenvalue weighted by Crippen LogP contribution is 2.20. The molecule has 0 bridgehead atoms. The van der Waals surface area contributed by atoms with Crippen LogP contribution in [0.5, 0.6) is 0 Å². The topological polar surface area (TPSA) is 41.1 Å². The summed E-state index contributed by atoms with van der Waals surface area (Å²) >= 11 is 5.86. The first-order chi connectivity index (χ1) is 10.0. The van der Waals surface area contributed by atoms with Crippen LogP contribution in [0.1, 0.15) is 21.5 Å². The van der Waals surface area contributed by atoms with E-state index in [-0.39, 0.29) is 11.7 Å². The third-order valence-electron chi connectivity index (χ3n) is 3.19. The van der Waals surface area contributed by atoms with E-state index < -0.39 is 0 Å². The van der Waals surface area contributed by atoms with Crippen LogP contribution in [0.3, 0.4) is 0 Å². The zero-order chi connectivity index (χ0) is 15.4. The van der Waals surface area contributed by atoms with Gasteiger partial charge in [0.15, 0.2) is 0 Å². The van der Waals surface area contributed by atoms with Crippen LogP contribution in [0.2, 0.25) is 5.02 Å². The lowest BCUT2D eigenvalue weighted by Gasteiger charge is -2.11. The van der Waals surface area contributed by atoms with Gasteiger partial charge in [-0.15, -0.1) is 0 Å². The van der Waals surface area contributed by atoms with Crippen molar-refractivity contribution in [1.29, 1.82) is 0 Å². The Kier molecular flexibility index (Phi) is 4.81. The molecule has 0 unspecified atom stereocenters. The fourth-order valence-electron chi connectivity index (χ4n) is 2.02. The molecular weight excluding hydrogens is 291 g/mol. The van der Waals surface area contributed by atoms with Gasteiger partial charge in [0.25, 0.3) is 5.91 Å². The molecule has 0 saturated heterocycles. The molecule has 0 aliphatic heterocycles. The summed E-state index contributed by atoms with van der Waals surface area (Å²) in [5, 5.41) is 6.23. The summed E-state index contributed by atoms with van der Waals surface area (Å²) < 4.78 is 13.6. The number of hydrogen-bond acceptors (Lipinski definition) is 2. The van der Waals surface area contributed by atoms with Gasteiger partial charge in [0, 0.05) is 35.4 Å². The average Bonchev–Trinajstić information content (AvgIpc) is 2.48. The second kappa shape index (κ2) is 6.59. The van der Waals surface area contributed by atoms with Crippen LogP contribution in [0, 0.1) is 12.7 Å². The van der Waals surface area contributed by atoms with E-state index in [1.807, 2.05) is 13.0 Å². The smallest absolute Gasteiger partial charge is 0.251 e. The van der Waals surface area contributed by atoms with Crippen LogP contribution < -0.4 is 10.6 Å². The Balaban J connectivity index is 2.13. The number of anilines is 1. The summed E-state index contributed by atoms with van der Waals surface area (Å²) in [6.07, 6.45) is 0. The predicted molar refractivity (Wildman–Crippen MR) is 83.3 cm³/mol. The van der Waals surface area contributed by atoms with E-state index >= 15 is 0 Å².